The van der Waals surface area contributed by atoms with E-state index in [2.05, 4.69) is 204 Å². The Labute approximate surface area is 375 Å². The Hall–Kier alpha value is -6.32. The van der Waals surface area contributed by atoms with Crippen LogP contribution in [0.25, 0.3) is 66.9 Å². The molecular formula is C60H63N3. The third-order valence-corrected chi connectivity index (χ3v) is 13.1. The van der Waals surface area contributed by atoms with Crippen LogP contribution in [0.5, 0.6) is 0 Å². The molecule has 9 rings (SSSR count). The molecule has 0 spiro atoms. The molecule has 3 heteroatoms. The lowest BCUT2D eigenvalue weighted by molar-refractivity contribution is 0.570. The Balaban J connectivity index is 1.09. The van der Waals surface area contributed by atoms with Gasteiger partial charge in [-0.15, -0.1) is 0 Å². The fourth-order valence-corrected chi connectivity index (χ4v) is 9.88. The van der Waals surface area contributed by atoms with Crippen molar-refractivity contribution in [1.29, 1.82) is 0 Å². The zero-order valence-corrected chi connectivity index (χ0v) is 37.5. The van der Waals surface area contributed by atoms with Crippen LogP contribution in [0.15, 0.2) is 164 Å². The van der Waals surface area contributed by atoms with Gasteiger partial charge in [0.15, 0.2) is 0 Å². The molecule has 0 atom stereocenters. The molecule has 0 unspecified atom stereocenters. The number of unbranched alkanes of at least 4 members (excludes halogenated alkanes) is 10. The summed E-state index contributed by atoms with van der Waals surface area (Å²) in [5.41, 5.74) is 13.8. The van der Waals surface area contributed by atoms with Crippen molar-refractivity contribution in [3.8, 4) is 11.1 Å². The van der Waals surface area contributed by atoms with Crippen molar-refractivity contribution in [1.82, 2.24) is 9.13 Å². The average molecular weight is 826 g/mol. The molecule has 0 aliphatic rings. The summed E-state index contributed by atoms with van der Waals surface area (Å²) in [6.45, 7) is 6.68. The van der Waals surface area contributed by atoms with Crippen LogP contribution in [0.1, 0.15) is 102 Å². The van der Waals surface area contributed by atoms with Crippen molar-refractivity contribution in [2.45, 2.75) is 104 Å². The highest BCUT2D eigenvalue weighted by Crippen LogP contribution is 2.42. The maximum absolute atomic E-state index is 2.66. The maximum atomic E-state index is 2.66. The largest absolute Gasteiger partial charge is 0.340 e. The van der Waals surface area contributed by atoms with Gasteiger partial charge >= 0.3 is 0 Å². The third kappa shape index (κ3) is 9.11. The third-order valence-electron chi connectivity index (χ3n) is 13.1. The maximum Gasteiger partial charge on any atom is 0.0572 e. The molecule has 3 nitrogen and oxygen atoms in total. The number of aromatic nitrogens is 2. The van der Waals surface area contributed by atoms with Crippen molar-refractivity contribution >= 4 is 72.8 Å². The SMILES string of the molecule is CCCCCCCCn1c2ccccc2c2c(/C=C/c3ccc(-c4ccc(N(c5ccccc5)c5ccccc5)cc4)cc3)c3c(cc21)c1ccccc1n3CCCCCCCC. The van der Waals surface area contributed by atoms with Gasteiger partial charge in [0.05, 0.1) is 11.0 Å². The second kappa shape index (κ2) is 20.2. The van der Waals surface area contributed by atoms with Gasteiger partial charge < -0.3 is 14.0 Å². The molecule has 7 aromatic carbocycles. The molecule has 0 fully saturated rings. The second-order valence-corrected chi connectivity index (χ2v) is 17.5. The number of rotatable bonds is 20. The second-order valence-electron chi connectivity index (χ2n) is 17.5. The normalized spacial score (nSPS) is 11.8. The standard InChI is InChI=1S/C60H63N3/c1-3-5-7-9-11-23-43-61-57-32-22-20-30-53(57)59-54(60-55(45-58(59)61)52-29-19-21-31-56(52)62(60)44-24-12-10-8-6-4-2)42-35-46-33-36-47(37-34-46)48-38-40-51(41-39-48)63(49-25-15-13-16-26-49)50-27-17-14-18-28-50/h13-22,25-42,45H,3-12,23-24,43-44H2,1-2H3/b42-35+. The summed E-state index contributed by atoms with van der Waals surface area (Å²) in [6, 6.07) is 60.2. The van der Waals surface area contributed by atoms with E-state index in [1.165, 1.54) is 143 Å². The predicted octanol–water partition coefficient (Wildman–Crippen LogP) is 17.9. The van der Waals surface area contributed by atoms with E-state index in [1.807, 2.05) is 0 Å². The fourth-order valence-electron chi connectivity index (χ4n) is 9.88. The van der Waals surface area contributed by atoms with Gasteiger partial charge in [0.2, 0.25) is 0 Å². The first-order valence-corrected chi connectivity index (χ1v) is 24.0. The Morgan fingerprint density at radius 2 is 0.873 bits per heavy atom. The Morgan fingerprint density at radius 1 is 0.397 bits per heavy atom. The molecule has 318 valence electrons. The van der Waals surface area contributed by atoms with E-state index >= 15 is 0 Å². The molecule has 63 heavy (non-hydrogen) atoms. The van der Waals surface area contributed by atoms with E-state index in [9.17, 15) is 0 Å². The zero-order chi connectivity index (χ0) is 42.8. The van der Waals surface area contributed by atoms with Gasteiger partial charge in [-0.2, -0.15) is 0 Å². The molecule has 0 saturated heterocycles. The topological polar surface area (TPSA) is 13.1 Å². The molecule has 0 aliphatic carbocycles. The van der Waals surface area contributed by atoms with Crippen molar-refractivity contribution in [3.05, 3.63) is 175 Å². The van der Waals surface area contributed by atoms with E-state index in [-0.39, 0.29) is 0 Å². The van der Waals surface area contributed by atoms with Gasteiger partial charge in [-0.05, 0) is 84.1 Å². The summed E-state index contributed by atoms with van der Waals surface area (Å²) < 4.78 is 5.30. The smallest absolute Gasteiger partial charge is 0.0572 e. The Bertz CT molecular complexity index is 2850. The molecule has 0 N–H and O–H groups in total. The summed E-state index contributed by atoms with van der Waals surface area (Å²) in [5.74, 6) is 0. The van der Waals surface area contributed by atoms with E-state index < -0.39 is 0 Å². The molecule has 2 aromatic heterocycles. The number of benzene rings is 7. The van der Waals surface area contributed by atoms with E-state index in [0.717, 1.165) is 30.2 Å². The number of fused-ring (bicyclic) bond motifs is 6. The monoisotopic (exact) mass is 826 g/mol. The number of para-hydroxylation sites is 4. The molecule has 0 radical (unpaired) electrons. The highest BCUT2D eigenvalue weighted by atomic mass is 15.1. The molecule has 0 aliphatic heterocycles. The van der Waals surface area contributed by atoms with Gasteiger partial charge in [0.25, 0.3) is 0 Å². The van der Waals surface area contributed by atoms with E-state index in [0.29, 0.717) is 0 Å². The highest BCUT2D eigenvalue weighted by Gasteiger charge is 2.21. The van der Waals surface area contributed by atoms with Gasteiger partial charge in [0, 0.05) is 68.3 Å². The molecule has 0 saturated carbocycles. The molecular weight excluding hydrogens is 763 g/mol. The van der Waals surface area contributed by atoms with Crippen LogP contribution in [0, 0.1) is 0 Å². The minimum atomic E-state index is 1.03. The van der Waals surface area contributed by atoms with Crippen LogP contribution in [0.2, 0.25) is 0 Å². The van der Waals surface area contributed by atoms with Crippen LogP contribution < -0.4 is 4.90 Å². The highest BCUT2D eigenvalue weighted by molar-refractivity contribution is 6.23. The first kappa shape index (κ1) is 42.0. The first-order valence-electron chi connectivity index (χ1n) is 24.0. The number of hydrogen-bond acceptors (Lipinski definition) is 1. The fraction of sp³-hybridized carbons (Fsp3) is 0.267. The van der Waals surface area contributed by atoms with Crippen molar-refractivity contribution in [2.75, 3.05) is 4.90 Å². The van der Waals surface area contributed by atoms with Crippen molar-refractivity contribution in [3.63, 3.8) is 0 Å². The van der Waals surface area contributed by atoms with E-state index in [4.69, 9.17) is 0 Å². The van der Waals surface area contributed by atoms with Crippen molar-refractivity contribution < 1.29 is 0 Å². The lowest BCUT2D eigenvalue weighted by Gasteiger charge is -2.25. The molecule has 9 aromatic rings. The van der Waals surface area contributed by atoms with E-state index in [1.54, 1.807) is 0 Å². The molecule has 2 heterocycles. The van der Waals surface area contributed by atoms with Crippen LogP contribution in [-0.2, 0) is 13.1 Å². The minimum absolute atomic E-state index is 1.03. The quantitative estimate of drug-likeness (QED) is 0.0551. The van der Waals surface area contributed by atoms with Gasteiger partial charge in [0.1, 0.15) is 0 Å². The number of nitrogens with zero attached hydrogens (tertiary/aromatic N) is 3. The molecule has 0 amide bonds. The minimum Gasteiger partial charge on any atom is -0.340 e. The van der Waals surface area contributed by atoms with Crippen LogP contribution >= 0.6 is 0 Å². The Morgan fingerprint density at radius 3 is 1.48 bits per heavy atom. The lowest BCUT2D eigenvalue weighted by Crippen LogP contribution is -2.09. The summed E-state index contributed by atoms with van der Waals surface area (Å²) in [6.07, 6.45) is 20.3. The van der Waals surface area contributed by atoms with Gasteiger partial charge in [-0.3, -0.25) is 0 Å². The Kier molecular flexibility index (Phi) is 13.5. The number of hydrogen-bond donors (Lipinski definition) is 0. The van der Waals surface area contributed by atoms with Gasteiger partial charge in [-0.25, -0.2) is 0 Å². The van der Waals surface area contributed by atoms with Crippen molar-refractivity contribution in [2.24, 2.45) is 0 Å². The lowest BCUT2D eigenvalue weighted by atomic mass is 9.99. The van der Waals surface area contributed by atoms with Crippen LogP contribution in [-0.4, -0.2) is 9.13 Å². The summed E-state index contributed by atoms with van der Waals surface area (Å²) >= 11 is 0. The summed E-state index contributed by atoms with van der Waals surface area (Å²) in [4.78, 5) is 2.31. The summed E-state index contributed by atoms with van der Waals surface area (Å²) in [7, 11) is 0. The zero-order valence-electron chi connectivity index (χ0n) is 37.5. The first-order chi connectivity index (χ1) is 31.2. The van der Waals surface area contributed by atoms with Crippen LogP contribution in [0.3, 0.4) is 0 Å². The summed E-state index contributed by atoms with van der Waals surface area (Å²) in [5, 5.41) is 5.46. The van der Waals surface area contributed by atoms with Gasteiger partial charge in [-0.1, -0.05) is 199 Å². The molecule has 0 bridgehead atoms. The number of aryl methyl sites for hydroxylation is 2. The predicted molar refractivity (Wildman–Crippen MR) is 275 cm³/mol. The average Bonchev–Trinajstić information content (AvgIpc) is 3.83. The van der Waals surface area contributed by atoms with Crippen LogP contribution in [0.4, 0.5) is 17.1 Å². The number of anilines is 3.